The second-order valence-electron chi connectivity index (χ2n) is 5.24. The first-order valence-corrected chi connectivity index (χ1v) is 6.13. The highest BCUT2D eigenvalue weighted by atomic mass is 16.1. The molecule has 0 aliphatic carbocycles. The summed E-state index contributed by atoms with van der Waals surface area (Å²) in [5, 5.41) is 0. The number of hydrogen-bond donors (Lipinski definition) is 1. The minimum atomic E-state index is -0.0180. The van der Waals surface area contributed by atoms with Gasteiger partial charge in [0.25, 0.3) is 0 Å². The van der Waals surface area contributed by atoms with Gasteiger partial charge in [-0.3, -0.25) is 4.79 Å². The summed E-state index contributed by atoms with van der Waals surface area (Å²) in [6.45, 7) is 5.69. The number of Topliss-reactive ketones (excluding diaryl/α,β-unsaturated/α-hetero) is 1. The van der Waals surface area contributed by atoms with Crippen molar-refractivity contribution in [3.63, 3.8) is 0 Å². The van der Waals surface area contributed by atoms with Gasteiger partial charge in [-0.25, -0.2) is 0 Å². The molecule has 0 unspecified atom stereocenters. The average molecular weight is 232 g/mol. The van der Waals surface area contributed by atoms with E-state index in [0.717, 1.165) is 31.5 Å². The van der Waals surface area contributed by atoms with Crippen LogP contribution in [0.4, 0.5) is 5.69 Å². The Morgan fingerprint density at radius 3 is 2.24 bits per heavy atom. The van der Waals surface area contributed by atoms with Gasteiger partial charge in [0.05, 0.1) is 0 Å². The summed E-state index contributed by atoms with van der Waals surface area (Å²) >= 11 is 0. The van der Waals surface area contributed by atoms with Crippen molar-refractivity contribution in [3.8, 4) is 0 Å². The van der Waals surface area contributed by atoms with Crippen LogP contribution in [0.5, 0.6) is 0 Å². The van der Waals surface area contributed by atoms with Crippen LogP contribution in [0.2, 0.25) is 0 Å². The molecular weight excluding hydrogens is 212 g/mol. The molecule has 0 amide bonds. The standard InChI is InChI=1S/C14H20N2O/c1-11(17)12-3-5-13(6-4-12)16-9-7-14(2,15)8-10-16/h3-6H,7-10,15H2,1-2H3. The van der Waals surface area contributed by atoms with Crippen molar-refractivity contribution in [2.75, 3.05) is 18.0 Å². The molecule has 2 N–H and O–H groups in total. The number of ketones is 1. The number of piperidine rings is 1. The molecular formula is C14H20N2O. The van der Waals surface area contributed by atoms with Gasteiger partial charge in [-0.05, 0) is 51.0 Å². The zero-order valence-corrected chi connectivity index (χ0v) is 10.6. The summed E-state index contributed by atoms with van der Waals surface area (Å²) in [5.41, 5.74) is 8.05. The third-order valence-corrected chi connectivity index (χ3v) is 3.54. The molecule has 2 rings (SSSR count). The fourth-order valence-corrected chi connectivity index (χ4v) is 2.18. The molecule has 0 aromatic heterocycles. The Morgan fingerprint density at radius 1 is 1.24 bits per heavy atom. The quantitative estimate of drug-likeness (QED) is 0.795. The smallest absolute Gasteiger partial charge is 0.159 e. The van der Waals surface area contributed by atoms with Gasteiger partial charge in [0, 0.05) is 29.9 Å². The minimum Gasteiger partial charge on any atom is -0.371 e. The first-order valence-electron chi connectivity index (χ1n) is 6.13. The topological polar surface area (TPSA) is 46.3 Å². The fourth-order valence-electron chi connectivity index (χ4n) is 2.18. The summed E-state index contributed by atoms with van der Waals surface area (Å²) in [7, 11) is 0. The SMILES string of the molecule is CC(=O)c1ccc(N2CCC(C)(N)CC2)cc1. The van der Waals surface area contributed by atoms with E-state index < -0.39 is 0 Å². The number of rotatable bonds is 2. The van der Waals surface area contributed by atoms with Crippen molar-refractivity contribution in [1.82, 2.24) is 0 Å². The maximum Gasteiger partial charge on any atom is 0.159 e. The molecule has 1 aliphatic rings. The summed E-state index contributed by atoms with van der Waals surface area (Å²) in [5.74, 6) is 0.115. The van der Waals surface area contributed by atoms with Crippen LogP contribution in [0.1, 0.15) is 37.0 Å². The van der Waals surface area contributed by atoms with Crippen LogP contribution in [-0.2, 0) is 0 Å². The molecule has 0 radical (unpaired) electrons. The highest BCUT2D eigenvalue weighted by Gasteiger charge is 2.25. The Hall–Kier alpha value is -1.35. The maximum absolute atomic E-state index is 11.2. The lowest BCUT2D eigenvalue weighted by atomic mass is 9.91. The van der Waals surface area contributed by atoms with E-state index in [1.807, 2.05) is 24.3 Å². The molecule has 3 heteroatoms. The number of nitrogens with two attached hydrogens (primary N) is 1. The van der Waals surface area contributed by atoms with Gasteiger partial charge in [-0.15, -0.1) is 0 Å². The van der Waals surface area contributed by atoms with Crippen LogP contribution in [0.3, 0.4) is 0 Å². The van der Waals surface area contributed by atoms with E-state index in [2.05, 4.69) is 11.8 Å². The fraction of sp³-hybridized carbons (Fsp3) is 0.500. The van der Waals surface area contributed by atoms with Gasteiger partial charge in [0.2, 0.25) is 0 Å². The molecule has 1 saturated heterocycles. The molecule has 17 heavy (non-hydrogen) atoms. The van der Waals surface area contributed by atoms with Gasteiger partial charge >= 0.3 is 0 Å². The monoisotopic (exact) mass is 232 g/mol. The second kappa shape index (κ2) is 4.49. The number of benzene rings is 1. The van der Waals surface area contributed by atoms with E-state index in [-0.39, 0.29) is 11.3 Å². The Kier molecular flexibility index (Phi) is 3.20. The molecule has 92 valence electrons. The van der Waals surface area contributed by atoms with E-state index in [0.29, 0.717) is 0 Å². The van der Waals surface area contributed by atoms with Gasteiger partial charge in [-0.1, -0.05) is 0 Å². The van der Waals surface area contributed by atoms with Gasteiger partial charge < -0.3 is 10.6 Å². The minimum absolute atomic E-state index is 0.0180. The van der Waals surface area contributed by atoms with Crippen LogP contribution in [-0.4, -0.2) is 24.4 Å². The van der Waals surface area contributed by atoms with Crippen LogP contribution >= 0.6 is 0 Å². The predicted octanol–water partition coefficient (Wildman–Crippen LogP) is 2.21. The third kappa shape index (κ3) is 2.86. The van der Waals surface area contributed by atoms with E-state index in [1.165, 1.54) is 5.69 Å². The molecule has 1 fully saturated rings. The lowest BCUT2D eigenvalue weighted by Gasteiger charge is -2.38. The summed E-state index contributed by atoms with van der Waals surface area (Å²) in [6, 6.07) is 7.84. The van der Waals surface area contributed by atoms with Crippen LogP contribution in [0, 0.1) is 0 Å². The normalized spacial score (nSPS) is 19.1. The van der Waals surface area contributed by atoms with Gasteiger partial charge in [-0.2, -0.15) is 0 Å². The first kappa shape index (κ1) is 12.1. The Morgan fingerprint density at radius 2 is 1.76 bits per heavy atom. The first-order chi connectivity index (χ1) is 7.98. The number of nitrogens with zero attached hydrogens (tertiary/aromatic N) is 1. The van der Waals surface area contributed by atoms with E-state index in [9.17, 15) is 4.79 Å². The zero-order valence-electron chi connectivity index (χ0n) is 10.6. The largest absolute Gasteiger partial charge is 0.371 e. The lowest BCUT2D eigenvalue weighted by Crippen LogP contribution is -2.48. The number of hydrogen-bond acceptors (Lipinski definition) is 3. The molecule has 1 aromatic carbocycles. The van der Waals surface area contributed by atoms with Crippen LogP contribution in [0.25, 0.3) is 0 Å². The highest BCUT2D eigenvalue weighted by Crippen LogP contribution is 2.24. The van der Waals surface area contributed by atoms with E-state index in [4.69, 9.17) is 5.73 Å². The molecule has 1 aromatic rings. The molecule has 3 nitrogen and oxygen atoms in total. The number of carbonyl (C=O) groups is 1. The molecule has 1 aliphatic heterocycles. The maximum atomic E-state index is 11.2. The Balaban J connectivity index is 2.06. The molecule has 1 heterocycles. The highest BCUT2D eigenvalue weighted by molar-refractivity contribution is 5.94. The zero-order chi connectivity index (χ0) is 12.5. The molecule has 0 spiro atoms. The third-order valence-electron chi connectivity index (χ3n) is 3.54. The molecule has 0 bridgehead atoms. The van der Waals surface area contributed by atoms with Crippen molar-refractivity contribution < 1.29 is 4.79 Å². The molecule has 0 atom stereocenters. The Bertz CT molecular complexity index is 399. The summed E-state index contributed by atoms with van der Waals surface area (Å²) in [6.07, 6.45) is 2.03. The van der Waals surface area contributed by atoms with Crippen molar-refractivity contribution in [3.05, 3.63) is 29.8 Å². The number of anilines is 1. The summed E-state index contributed by atoms with van der Waals surface area (Å²) < 4.78 is 0. The number of carbonyl (C=O) groups excluding carboxylic acids is 1. The van der Waals surface area contributed by atoms with Crippen molar-refractivity contribution >= 4 is 11.5 Å². The average Bonchev–Trinajstić information content (AvgIpc) is 2.29. The van der Waals surface area contributed by atoms with E-state index >= 15 is 0 Å². The van der Waals surface area contributed by atoms with Crippen molar-refractivity contribution in [1.29, 1.82) is 0 Å². The van der Waals surface area contributed by atoms with Crippen molar-refractivity contribution in [2.45, 2.75) is 32.2 Å². The summed E-state index contributed by atoms with van der Waals surface area (Å²) in [4.78, 5) is 13.5. The second-order valence-corrected chi connectivity index (χ2v) is 5.24. The van der Waals surface area contributed by atoms with Crippen molar-refractivity contribution in [2.24, 2.45) is 5.73 Å². The van der Waals surface area contributed by atoms with Gasteiger partial charge in [0.1, 0.15) is 0 Å². The predicted molar refractivity (Wildman–Crippen MR) is 70.5 cm³/mol. The van der Waals surface area contributed by atoms with Gasteiger partial charge in [0.15, 0.2) is 5.78 Å². The Labute approximate surface area is 103 Å². The van der Waals surface area contributed by atoms with Crippen LogP contribution in [0.15, 0.2) is 24.3 Å². The molecule has 0 saturated carbocycles. The van der Waals surface area contributed by atoms with E-state index in [1.54, 1.807) is 6.92 Å². The lowest BCUT2D eigenvalue weighted by molar-refractivity contribution is 0.101. The van der Waals surface area contributed by atoms with Crippen LogP contribution < -0.4 is 10.6 Å².